The van der Waals surface area contributed by atoms with E-state index >= 15 is 0 Å². The van der Waals surface area contributed by atoms with Gasteiger partial charge in [-0.15, -0.1) is 0 Å². The van der Waals surface area contributed by atoms with Crippen LogP contribution in [0, 0.1) is 11.8 Å². The van der Waals surface area contributed by atoms with Gasteiger partial charge >= 0.3 is 0 Å². The first-order chi connectivity index (χ1) is 9.60. The maximum atomic E-state index is 11.6. The number of likely N-dealkylation sites (tertiary alicyclic amines) is 1. The summed E-state index contributed by atoms with van der Waals surface area (Å²) in [5, 5.41) is 9.66. The number of benzene rings is 1. The summed E-state index contributed by atoms with van der Waals surface area (Å²) in [6.45, 7) is 5.67. The predicted octanol–water partition coefficient (Wildman–Crippen LogP) is 2.93. The fraction of sp³-hybridized carbons (Fsp3) is 0.588. The molecule has 3 rings (SSSR count). The molecule has 1 aliphatic heterocycles. The highest BCUT2D eigenvalue weighted by Crippen LogP contribution is 2.48. The van der Waals surface area contributed by atoms with E-state index in [1.165, 1.54) is 24.0 Å². The van der Waals surface area contributed by atoms with E-state index in [1.807, 2.05) is 11.0 Å². The Hall–Kier alpha value is -1.51. The second-order valence-electron chi connectivity index (χ2n) is 6.27. The number of phenolic OH excluding ortho intramolecular Hbond substituents is 1. The summed E-state index contributed by atoms with van der Waals surface area (Å²) in [4.78, 5) is 13.6. The van der Waals surface area contributed by atoms with Gasteiger partial charge in [0.25, 0.3) is 0 Å². The Balaban J connectivity index is 1.87. The SMILES string of the molecule is CCc1cc(O)ccc1[C@@H]1CC[C@@H]2CN(C(C)=O)C[C@@H]21. The molecule has 3 atom stereocenters. The number of rotatable bonds is 2. The van der Waals surface area contributed by atoms with E-state index in [-0.39, 0.29) is 5.91 Å². The van der Waals surface area contributed by atoms with Crippen LogP contribution >= 0.6 is 0 Å². The molecule has 1 saturated heterocycles. The number of phenols is 1. The summed E-state index contributed by atoms with van der Waals surface area (Å²) < 4.78 is 0. The van der Waals surface area contributed by atoms with Crippen molar-refractivity contribution >= 4 is 5.91 Å². The van der Waals surface area contributed by atoms with Crippen LogP contribution in [0.15, 0.2) is 18.2 Å². The number of carbonyl (C=O) groups excluding carboxylic acids is 1. The second-order valence-corrected chi connectivity index (χ2v) is 6.27. The topological polar surface area (TPSA) is 40.5 Å². The van der Waals surface area contributed by atoms with Crippen LogP contribution in [0.5, 0.6) is 5.75 Å². The Morgan fingerprint density at radius 2 is 2.15 bits per heavy atom. The molecule has 108 valence electrons. The first kappa shape index (κ1) is 13.5. The van der Waals surface area contributed by atoms with Crippen LogP contribution in [-0.2, 0) is 11.2 Å². The van der Waals surface area contributed by atoms with Gasteiger partial charge in [-0.2, -0.15) is 0 Å². The molecule has 3 heteroatoms. The molecule has 0 spiro atoms. The van der Waals surface area contributed by atoms with Crippen LogP contribution < -0.4 is 0 Å². The highest BCUT2D eigenvalue weighted by molar-refractivity contribution is 5.73. The molecule has 0 unspecified atom stereocenters. The molecule has 1 amide bonds. The zero-order valence-corrected chi connectivity index (χ0v) is 12.3. The van der Waals surface area contributed by atoms with Crippen LogP contribution in [0.4, 0.5) is 0 Å². The summed E-state index contributed by atoms with van der Waals surface area (Å²) >= 11 is 0. The Bertz CT molecular complexity index is 526. The van der Waals surface area contributed by atoms with Crippen LogP contribution in [0.2, 0.25) is 0 Å². The lowest BCUT2D eigenvalue weighted by molar-refractivity contribution is -0.128. The molecule has 1 N–H and O–H groups in total. The van der Waals surface area contributed by atoms with E-state index in [0.717, 1.165) is 19.5 Å². The standard InChI is InChI=1S/C17H23NO2/c1-3-12-8-14(20)5-7-15(12)16-6-4-13-9-18(11(2)19)10-17(13)16/h5,7-8,13,16-17,20H,3-4,6,9-10H2,1-2H3/t13-,16+,17+/m1/s1. The number of aryl methyl sites for hydroxylation is 1. The molecule has 3 nitrogen and oxygen atoms in total. The first-order valence-electron chi connectivity index (χ1n) is 7.67. The average molecular weight is 273 g/mol. The molecular formula is C17H23NO2. The number of hydrogen-bond donors (Lipinski definition) is 1. The fourth-order valence-electron chi connectivity index (χ4n) is 4.17. The molecule has 1 aliphatic carbocycles. The summed E-state index contributed by atoms with van der Waals surface area (Å²) in [7, 11) is 0. The maximum absolute atomic E-state index is 11.6. The Morgan fingerprint density at radius 1 is 1.35 bits per heavy atom. The number of aromatic hydroxyl groups is 1. The van der Waals surface area contributed by atoms with Crippen LogP contribution in [0.3, 0.4) is 0 Å². The van der Waals surface area contributed by atoms with Crippen LogP contribution in [0.1, 0.15) is 43.7 Å². The monoisotopic (exact) mass is 273 g/mol. The van der Waals surface area contributed by atoms with E-state index in [9.17, 15) is 9.90 Å². The predicted molar refractivity (Wildman–Crippen MR) is 78.7 cm³/mol. The van der Waals surface area contributed by atoms with E-state index in [0.29, 0.717) is 23.5 Å². The molecule has 2 fully saturated rings. The second kappa shape index (κ2) is 5.12. The van der Waals surface area contributed by atoms with Crippen molar-refractivity contribution < 1.29 is 9.90 Å². The van der Waals surface area contributed by atoms with E-state index in [4.69, 9.17) is 0 Å². The number of fused-ring (bicyclic) bond motifs is 1. The average Bonchev–Trinajstić information content (AvgIpc) is 2.98. The number of amides is 1. The lowest BCUT2D eigenvalue weighted by Crippen LogP contribution is -2.27. The molecule has 1 aromatic carbocycles. The van der Waals surface area contributed by atoms with Crippen LogP contribution in [0.25, 0.3) is 0 Å². The number of hydrogen-bond acceptors (Lipinski definition) is 2. The van der Waals surface area contributed by atoms with E-state index in [1.54, 1.807) is 13.0 Å². The Kier molecular flexibility index (Phi) is 3.45. The Morgan fingerprint density at radius 3 is 2.85 bits per heavy atom. The number of nitrogens with zero attached hydrogens (tertiary/aromatic N) is 1. The third kappa shape index (κ3) is 2.19. The molecule has 1 heterocycles. The summed E-state index contributed by atoms with van der Waals surface area (Å²) in [5.74, 6) is 2.40. The van der Waals surface area contributed by atoms with Crippen molar-refractivity contribution in [1.82, 2.24) is 4.90 Å². The van der Waals surface area contributed by atoms with Crippen molar-refractivity contribution in [2.24, 2.45) is 11.8 Å². The van der Waals surface area contributed by atoms with Gasteiger partial charge in [-0.3, -0.25) is 4.79 Å². The summed E-state index contributed by atoms with van der Waals surface area (Å²) in [5.41, 5.74) is 2.65. The highest BCUT2D eigenvalue weighted by Gasteiger charge is 2.44. The zero-order chi connectivity index (χ0) is 14.3. The van der Waals surface area contributed by atoms with Crippen molar-refractivity contribution in [3.8, 4) is 5.75 Å². The van der Waals surface area contributed by atoms with Gasteiger partial charge in [0.15, 0.2) is 0 Å². The van der Waals surface area contributed by atoms with Gasteiger partial charge in [-0.1, -0.05) is 13.0 Å². The van der Waals surface area contributed by atoms with Gasteiger partial charge < -0.3 is 10.0 Å². The normalized spacial score (nSPS) is 28.7. The van der Waals surface area contributed by atoms with E-state index < -0.39 is 0 Å². The summed E-state index contributed by atoms with van der Waals surface area (Å²) in [6, 6.07) is 5.80. The highest BCUT2D eigenvalue weighted by atomic mass is 16.3. The molecule has 0 aromatic heterocycles. The first-order valence-corrected chi connectivity index (χ1v) is 7.67. The molecule has 0 bridgehead atoms. The van der Waals surface area contributed by atoms with Crippen molar-refractivity contribution in [1.29, 1.82) is 0 Å². The number of carbonyl (C=O) groups is 1. The van der Waals surface area contributed by atoms with Gasteiger partial charge in [0.05, 0.1) is 0 Å². The van der Waals surface area contributed by atoms with Gasteiger partial charge in [0.1, 0.15) is 5.75 Å². The van der Waals surface area contributed by atoms with Crippen molar-refractivity contribution in [2.75, 3.05) is 13.1 Å². The lowest BCUT2D eigenvalue weighted by Gasteiger charge is -2.22. The smallest absolute Gasteiger partial charge is 0.219 e. The summed E-state index contributed by atoms with van der Waals surface area (Å²) in [6.07, 6.45) is 3.40. The van der Waals surface area contributed by atoms with Gasteiger partial charge in [0.2, 0.25) is 5.91 Å². The largest absolute Gasteiger partial charge is 0.508 e. The van der Waals surface area contributed by atoms with Gasteiger partial charge in [0, 0.05) is 20.0 Å². The van der Waals surface area contributed by atoms with Crippen molar-refractivity contribution in [3.63, 3.8) is 0 Å². The molecule has 20 heavy (non-hydrogen) atoms. The minimum atomic E-state index is 0.208. The maximum Gasteiger partial charge on any atom is 0.219 e. The lowest BCUT2D eigenvalue weighted by atomic mass is 9.84. The van der Waals surface area contributed by atoms with Crippen molar-refractivity contribution in [3.05, 3.63) is 29.3 Å². The quantitative estimate of drug-likeness (QED) is 0.900. The minimum absolute atomic E-state index is 0.208. The van der Waals surface area contributed by atoms with Gasteiger partial charge in [-0.05, 0) is 60.3 Å². The minimum Gasteiger partial charge on any atom is -0.508 e. The van der Waals surface area contributed by atoms with Crippen LogP contribution in [-0.4, -0.2) is 29.0 Å². The zero-order valence-electron chi connectivity index (χ0n) is 12.3. The Labute approximate surface area is 120 Å². The van der Waals surface area contributed by atoms with E-state index in [2.05, 4.69) is 13.0 Å². The van der Waals surface area contributed by atoms with Crippen molar-refractivity contribution in [2.45, 2.75) is 39.0 Å². The molecule has 2 aliphatic rings. The fourth-order valence-corrected chi connectivity index (χ4v) is 4.17. The third-order valence-electron chi connectivity index (χ3n) is 5.21. The van der Waals surface area contributed by atoms with Gasteiger partial charge in [-0.25, -0.2) is 0 Å². The third-order valence-corrected chi connectivity index (χ3v) is 5.21. The molecule has 1 saturated carbocycles. The molecule has 1 aromatic rings. The molecule has 0 radical (unpaired) electrons. The molecular weight excluding hydrogens is 250 g/mol.